The van der Waals surface area contributed by atoms with Crippen LogP contribution < -0.4 is 10.6 Å². The molecule has 31 heavy (non-hydrogen) atoms. The van der Waals surface area contributed by atoms with Crippen molar-refractivity contribution in [1.82, 2.24) is 14.8 Å². The van der Waals surface area contributed by atoms with Crippen molar-refractivity contribution in [2.24, 2.45) is 0 Å². The first-order valence-corrected chi connectivity index (χ1v) is 10.3. The number of piperazine rings is 1. The number of rotatable bonds is 4. The van der Waals surface area contributed by atoms with E-state index < -0.39 is 11.8 Å². The fourth-order valence-corrected chi connectivity index (χ4v) is 3.73. The van der Waals surface area contributed by atoms with Crippen LogP contribution in [-0.2, 0) is 0 Å². The van der Waals surface area contributed by atoms with E-state index in [1.54, 1.807) is 27.3 Å². The van der Waals surface area contributed by atoms with E-state index in [1.165, 1.54) is 30.5 Å². The number of furan rings is 1. The Morgan fingerprint density at radius 3 is 2.29 bits per heavy atom. The zero-order valence-corrected chi connectivity index (χ0v) is 17.0. The molecule has 0 spiro atoms. The fraction of sp³-hybridized carbons (Fsp3) is 0.200. The summed E-state index contributed by atoms with van der Waals surface area (Å²) in [4.78, 5) is 44.5. The molecule has 0 aliphatic carbocycles. The standard InChI is InChI=1S/C20H18FN5O4S/c21-13-3-5-14(6-4-13)22-19(29)24-20-23-15(12-31-20)17(27)25-7-9-26(10-8-25)18(28)16-2-1-11-30-16/h1-6,11-12H,7-10H2,(H2,22,23,24,29). The van der Waals surface area contributed by atoms with Crippen LogP contribution in [0.15, 0.2) is 52.5 Å². The second-order valence-corrected chi connectivity index (χ2v) is 7.54. The van der Waals surface area contributed by atoms with Crippen molar-refractivity contribution in [3.05, 3.63) is 65.3 Å². The number of nitrogens with zero attached hydrogens (tertiary/aromatic N) is 3. The summed E-state index contributed by atoms with van der Waals surface area (Å²) in [5, 5.41) is 6.93. The van der Waals surface area contributed by atoms with E-state index >= 15 is 0 Å². The monoisotopic (exact) mass is 443 g/mol. The zero-order valence-electron chi connectivity index (χ0n) is 16.2. The van der Waals surface area contributed by atoms with Gasteiger partial charge in [-0.2, -0.15) is 0 Å². The molecule has 0 unspecified atom stereocenters. The third-order valence-corrected chi connectivity index (χ3v) is 5.39. The van der Waals surface area contributed by atoms with Gasteiger partial charge in [0.1, 0.15) is 11.5 Å². The minimum atomic E-state index is -0.551. The van der Waals surface area contributed by atoms with Gasteiger partial charge in [-0.1, -0.05) is 0 Å². The largest absolute Gasteiger partial charge is 0.459 e. The minimum Gasteiger partial charge on any atom is -0.459 e. The maximum absolute atomic E-state index is 12.9. The Morgan fingerprint density at radius 2 is 1.65 bits per heavy atom. The molecular weight excluding hydrogens is 425 g/mol. The van der Waals surface area contributed by atoms with Crippen LogP contribution in [0.4, 0.5) is 20.0 Å². The lowest BCUT2D eigenvalue weighted by atomic mass is 10.2. The predicted molar refractivity (Wildman–Crippen MR) is 112 cm³/mol. The Morgan fingerprint density at radius 1 is 0.968 bits per heavy atom. The first-order chi connectivity index (χ1) is 15.0. The van der Waals surface area contributed by atoms with Gasteiger partial charge in [0.05, 0.1) is 6.26 Å². The number of nitrogens with one attached hydrogen (secondary N) is 2. The number of carbonyl (C=O) groups is 3. The van der Waals surface area contributed by atoms with Gasteiger partial charge in [-0.05, 0) is 36.4 Å². The lowest BCUT2D eigenvalue weighted by molar-refractivity contribution is 0.0515. The first kappa shape index (κ1) is 20.5. The predicted octanol–water partition coefficient (Wildman–Crippen LogP) is 3.12. The third-order valence-electron chi connectivity index (χ3n) is 4.63. The molecule has 4 rings (SSSR count). The van der Waals surface area contributed by atoms with Crippen LogP contribution in [-0.4, -0.2) is 58.8 Å². The van der Waals surface area contributed by atoms with Crippen LogP contribution in [0.1, 0.15) is 21.0 Å². The molecule has 11 heteroatoms. The van der Waals surface area contributed by atoms with Gasteiger partial charge in [-0.15, -0.1) is 11.3 Å². The molecular formula is C20H18FN5O4S. The number of thiazole rings is 1. The van der Waals surface area contributed by atoms with E-state index in [1.807, 2.05) is 0 Å². The van der Waals surface area contributed by atoms with Gasteiger partial charge in [-0.3, -0.25) is 14.9 Å². The second kappa shape index (κ2) is 8.96. The van der Waals surface area contributed by atoms with Gasteiger partial charge >= 0.3 is 6.03 Å². The molecule has 1 saturated heterocycles. The van der Waals surface area contributed by atoms with Crippen molar-refractivity contribution in [1.29, 1.82) is 0 Å². The summed E-state index contributed by atoms with van der Waals surface area (Å²) in [6, 6.07) is 8.04. The van der Waals surface area contributed by atoms with Crippen LogP contribution in [0.2, 0.25) is 0 Å². The molecule has 4 amide bonds. The van der Waals surface area contributed by atoms with Crippen molar-refractivity contribution in [2.45, 2.75) is 0 Å². The Kier molecular flexibility index (Phi) is 5.94. The number of carbonyl (C=O) groups excluding carboxylic acids is 3. The number of hydrogen-bond acceptors (Lipinski definition) is 6. The number of anilines is 2. The number of halogens is 1. The van der Waals surface area contributed by atoms with Crippen molar-refractivity contribution >= 4 is 40.0 Å². The molecule has 9 nitrogen and oxygen atoms in total. The highest BCUT2D eigenvalue weighted by atomic mass is 32.1. The van der Waals surface area contributed by atoms with E-state index in [0.29, 0.717) is 31.9 Å². The van der Waals surface area contributed by atoms with Crippen LogP contribution in [0, 0.1) is 5.82 Å². The Balaban J connectivity index is 1.29. The summed E-state index contributed by atoms with van der Waals surface area (Å²) in [6.45, 7) is 1.52. The molecule has 0 saturated carbocycles. The topological polar surface area (TPSA) is 108 Å². The summed E-state index contributed by atoms with van der Waals surface area (Å²) < 4.78 is 18.1. The summed E-state index contributed by atoms with van der Waals surface area (Å²) in [7, 11) is 0. The van der Waals surface area contributed by atoms with Crippen molar-refractivity contribution in [3.63, 3.8) is 0 Å². The number of urea groups is 1. The maximum Gasteiger partial charge on any atom is 0.325 e. The van der Waals surface area contributed by atoms with E-state index in [-0.39, 0.29) is 28.4 Å². The number of amides is 4. The van der Waals surface area contributed by atoms with Gasteiger partial charge in [-0.25, -0.2) is 14.2 Å². The normalized spacial score (nSPS) is 13.7. The number of aromatic nitrogens is 1. The van der Waals surface area contributed by atoms with Gasteiger partial charge in [0, 0.05) is 37.2 Å². The van der Waals surface area contributed by atoms with E-state index in [0.717, 1.165) is 11.3 Å². The quantitative estimate of drug-likeness (QED) is 0.644. The molecule has 2 N–H and O–H groups in total. The van der Waals surface area contributed by atoms with E-state index in [9.17, 15) is 18.8 Å². The van der Waals surface area contributed by atoms with Crippen LogP contribution in [0.3, 0.4) is 0 Å². The van der Waals surface area contributed by atoms with Crippen molar-refractivity contribution in [3.8, 4) is 0 Å². The van der Waals surface area contributed by atoms with E-state index in [2.05, 4.69) is 15.6 Å². The van der Waals surface area contributed by atoms with Crippen LogP contribution >= 0.6 is 11.3 Å². The molecule has 1 aliphatic heterocycles. The number of hydrogen-bond donors (Lipinski definition) is 2. The maximum atomic E-state index is 12.9. The number of benzene rings is 1. The second-order valence-electron chi connectivity index (χ2n) is 6.69. The highest BCUT2D eigenvalue weighted by Crippen LogP contribution is 2.19. The van der Waals surface area contributed by atoms with Gasteiger partial charge < -0.3 is 19.5 Å². The van der Waals surface area contributed by atoms with Gasteiger partial charge in [0.2, 0.25) is 0 Å². The molecule has 1 aliphatic rings. The zero-order chi connectivity index (χ0) is 21.8. The average molecular weight is 443 g/mol. The SMILES string of the molecule is O=C(Nc1ccc(F)cc1)Nc1nc(C(=O)N2CCN(C(=O)c3ccco3)CC2)cs1. The molecule has 0 radical (unpaired) electrons. The molecule has 0 bridgehead atoms. The fourth-order valence-electron chi connectivity index (χ4n) is 3.05. The summed E-state index contributed by atoms with van der Waals surface area (Å²) in [5.41, 5.74) is 0.640. The molecule has 160 valence electrons. The molecule has 3 heterocycles. The molecule has 1 fully saturated rings. The lowest BCUT2D eigenvalue weighted by Crippen LogP contribution is -2.50. The smallest absolute Gasteiger partial charge is 0.325 e. The van der Waals surface area contributed by atoms with E-state index in [4.69, 9.17) is 4.42 Å². The highest BCUT2D eigenvalue weighted by molar-refractivity contribution is 7.14. The average Bonchev–Trinajstić information content (AvgIpc) is 3.47. The Hall–Kier alpha value is -3.73. The Bertz CT molecular complexity index is 1080. The summed E-state index contributed by atoms with van der Waals surface area (Å²) >= 11 is 1.12. The summed E-state index contributed by atoms with van der Waals surface area (Å²) in [5.74, 6) is -0.605. The minimum absolute atomic E-state index is 0.204. The molecule has 3 aromatic rings. The van der Waals surface area contributed by atoms with Crippen molar-refractivity contribution in [2.75, 3.05) is 36.8 Å². The Labute approximate surface area is 180 Å². The molecule has 0 atom stereocenters. The third kappa shape index (κ3) is 4.89. The van der Waals surface area contributed by atoms with Crippen molar-refractivity contribution < 1.29 is 23.2 Å². The first-order valence-electron chi connectivity index (χ1n) is 9.41. The van der Waals surface area contributed by atoms with Gasteiger partial charge in [0.15, 0.2) is 10.9 Å². The van der Waals surface area contributed by atoms with Crippen LogP contribution in [0.5, 0.6) is 0 Å². The lowest BCUT2D eigenvalue weighted by Gasteiger charge is -2.33. The summed E-state index contributed by atoms with van der Waals surface area (Å²) in [6.07, 6.45) is 1.45. The van der Waals surface area contributed by atoms with Crippen LogP contribution in [0.25, 0.3) is 0 Å². The molecule has 2 aromatic heterocycles. The highest BCUT2D eigenvalue weighted by Gasteiger charge is 2.27. The molecule has 1 aromatic carbocycles. The van der Waals surface area contributed by atoms with Gasteiger partial charge in [0.25, 0.3) is 11.8 Å².